The lowest BCUT2D eigenvalue weighted by atomic mass is 9.84. The Morgan fingerprint density at radius 3 is 2.60 bits per heavy atom. The first-order valence-corrected chi connectivity index (χ1v) is 8.83. The molecule has 2 aliphatic carbocycles. The Morgan fingerprint density at radius 2 is 1.85 bits per heavy atom. The maximum absolute atomic E-state index is 4.01. The van der Waals surface area contributed by atoms with Crippen LogP contribution in [0, 0.1) is 17.8 Å². The van der Waals surface area contributed by atoms with Crippen LogP contribution in [-0.2, 0) is 6.42 Å². The number of alkyl halides is 1. The molecule has 2 aliphatic rings. The fourth-order valence-electron chi connectivity index (χ4n) is 4.48. The monoisotopic (exact) mass is 328 g/mol. The zero-order valence-electron chi connectivity index (χ0n) is 11.8. The Kier molecular flexibility index (Phi) is 3.34. The molecule has 0 aliphatic heterocycles. The van der Waals surface area contributed by atoms with Crippen molar-refractivity contribution in [1.29, 1.82) is 0 Å². The van der Waals surface area contributed by atoms with Crippen molar-refractivity contribution >= 4 is 26.7 Å². The molecule has 0 amide bonds. The highest BCUT2D eigenvalue weighted by Gasteiger charge is 2.42. The van der Waals surface area contributed by atoms with E-state index in [1.807, 2.05) is 0 Å². The summed E-state index contributed by atoms with van der Waals surface area (Å²) in [5.41, 5.74) is 1.48. The van der Waals surface area contributed by atoms with Gasteiger partial charge in [0.2, 0.25) is 0 Å². The van der Waals surface area contributed by atoms with Crippen LogP contribution in [0.1, 0.15) is 31.2 Å². The summed E-state index contributed by atoms with van der Waals surface area (Å²) in [6, 6.07) is 15.6. The maximum atomic E-state index is 4.01. The number of benzene rings is 2. The lowest BCUT2D eigenvalue weighted by molar-refractivity contribution is 0.326. The summed E-state index contributed by atoms with van der Waals surface area (Å²) < 4.78 is 0. The summed E-state index contributed by atoms with van der Waals surface area (Å²) in [4.78, 5) is 0.666. The Balaban J connectivity index is 1.52. The Bertz CT molecular complexity index is 618. The molecule has 0 heterocycles. The predicted molar refractivity (Wildman–Crippen MR) is 89.3 cm³/mol. The van der Waals surface area contributed by atoms with Gasteiger partial charge in [-0.25, -0.2) is 0 Å². The van der Waals surface area contributed by atoms with Crippen molar-refractivity contribution in [1.82, 2.24) is 0 Å². The van der Waals surface area contributed by atoms with E-state index in [1.165, 1.54) is 48.4 Å². The highest BCUT2D eigenvalue weighted by Crippen LogP contribution is 2.51. The summed E-state index contributed by atoms with van der Waals surface area (Å²) >= 11 is 4.01. The number of halogens is 1. The Hall–Kier alpha value is -0.820. The standard InChI is InChI=1S/C19H21Br/c20-19(18-11-13-6-8-17(18)10-13)12-14-5-7-15-3-1-2-4-16(15)9-14/h1-5,7,9,13,17-19H,6,8,10-12H2. The van der Waals surface area contributed by atoms with Crippen LogP contribution in [0.25, 0.3) is 10.8 Å². The average Bonchev–Trinajstić information content (AvgIpc) is 3.10. The van der Waals surface area contributed by atoms with Crippen LogP contribution < -0.4 is 0 Å². The third-order valence-corrected chi connectivity index (χ3v) is 6.50. The molecule has 4 unspecified atom stereocenters. The molecule has 2 fully saturated rings. The molecule has 2 saturated carbocycles. The van der Waals surface area contributed by atoms with E-state index in [0.29, 0.717) is 4.83 Å². The van der Waals surface area contributed by atoms with Gasteiger partial charge in [0.15, 0.2) is 0 Å². The van der Waals surface area contributed by atoms with Crippen molar-refractivity contribution in [2.75, 3.05) is 0 Å². The Labute approximate surface area is 129 Å². The summed E-state index contributed by atoms with van der Waals surface area (Å²) in [5.74, 6) is 2.96. The fourth-order valence-corrected chi connectivity index (χ4v) is 5.50. The van der Waals surface area contributed by atoms with Crippen LogP contribution in [0.5, 0.6) is 0 Å². The zero-order valence-corrected chi connectivity index (χ0v) is 13.4. The number of hydrogen-bond acceptors (Lipinski definition) is 0. The topological polar surface area (TPSA) is 0 Å². The SMILES string of the molecule is BrC(Cc1ccc2ccccc2c1)C1CC2CCC1C2. The first kappa shape index (κ1) is 12.9. The third kappa shape index (κ3) is 2.30. The van der Waals surface area contributed by atoms with Gasteiger partial charge in [-0.3, -0.25) is 0 Å². The van der Waals surface area contributed by atoms with Crippen molar-refractivity contribution in [3.8, 4) is 0 Å². The fraction of sp³-hybridized carbons (Fsp3) is 0.474. The minimum Gasteiger partial charge on any atom is -0.0884 e. The average molecular weight is 329 g/mol. The van der Waals surface area contributed by atoms with Crippen LogP contribution in [0.4, 0.5) is 0 Å². The van der Waals surface area contributed by atoms with Gasteiger partial charge in [-0.2, -0.15) is 0 Å². The van der Waals surface area contributed by atoms with Gasteiger partial charge < -0.3 is 0 Å². The van der Waals surface area contributed by atoms with Gasteiger partial charge in [0.05, 0.1) is 0 Å². The highest BCUT2D eigenvalue weighted by atomic mass is 79.9. The lowest BCUT2D eigenvalue weighted by Crippen LogP contribution is -2.22. The maximum Gasteiger partial charge on any atom is 0.0217 e. The van der Waals surface area contributed by atoms with E-state index in [1.54, 1.807) is 0 Å². The number of hydrogen-bond donors (Lipinski definition) is 0. The van der Waals surface area contributed by atoms with Crippen LogP contribution >= 0.6 is 15.9 Å². The van der Waals surface area contributed by atoms with Gasteiger partial charge in [0.25, 0.3) is 0 Å². The van der Waals surface area contributed by atoms with E-state index < -0.39 is 0 Å². The molecule has 0 nitrogen and oxygen atoms in total. The van der Waals surface area contributed by atoms with Gasteiger partial charge in [0.1, 0.15) is 0 Å². The van der Waals surface area contributed by atoms with Gasteiger partial charge >= 0.3 is 0 Å². The van der Waals surface area contributed by atoms with Crippen molar-refractivity contribution < 1.29 is 0 Å². The summed E-state index contributed by atoms with van der Waals surface area (Å²) in [6.07, 6.45) is 7.13. The predicted octanol–water partition coefficient (Wildman–Crippen LogP) is 5.58. The van der Waals surface area contributed by atoms with E-state index in [-0.39, 0.29) is 0 Å². The van der Waals surface area contributed by atoms with E-state index in [4.69, 9.17) is 0 Å². The van der Waals surface area contributed by atoms with Gasteiger partial charge in [-0.05, 0) is 59.8 Å². The summed E-state index contributed by atoms with van der Waals surface area (Å²) in [6.45, 7) is 0. The molecule has 20 heavy (non-hydrogen) atoms. The lowest BCUT2D eigenvalue weighted by Gasteiger charge is -2.26. The molecule has 0 saturated heterocycles. The van der Waals surface area contributed by atoms with E-state index >= 15 is 0 Å². The van der Waals surface area contributed by atoms with E-state index in [2.05, 4.69) is 58.4 Å². The number of rotatable bonds is 3. The van der Waals surface area contributed by atoms with Gasteiger partial charge in [-0.15, -0.1) is 0 Å². The van der Waals surface area contributed by atoms with Crippen molar-refractivity contribution in [3.05, 3.63) is 48.0 Å². The van der Waals surface area contributed by atoms with Gasteiger partial charge in [-0.1, -0.05) is 64.8 Å². The summed E-state index contributed by atoms with van der Waals surface area (Å²) in [7, 11) is 0. The third-order valence-electron chi connectivity index (χ3n) is 5.50. The minimum atomic E-state index is 0.666. The zero-order chi connectivity index (χ0) is 13.5. The van der Waals surface area contributed by atoms with Crippen molar-refractivity contribution in [3.63, 3.8) is 0 Å². The molecule has 0 N–H and O–H groups in total. The molecule has 0 spiro atoms. The molecule has 1 heteroatoms. The normalized spacial score (nSPS) is 29.9. The van der Waals surface area contributed by atoms with Crippen LogP contribution in [-0.4, -0.2) is 4.83 Å². The second-order valence-corrected chi connectivity index (χ2v) is 7.92. The van der Waals surface area contributed by atoms with Gasteiger partial charge in [0, 0.05) is 4.83 Å². The molecule has 104 valence electrons. The van der Waals surface area contributed by atoms with Crippen LogP contribution in [0.3, 0.4) is 0 Å². The highest BCUT2D eigenvalue weighted by molar-refractivity contribution is 9.09. The quantitative estimate of drug-likeness (QED) is 0.645. The molecular weight excluding hydrogens is 308 g/mol. The molecule has 2 aromatic carbocycles. The molecule has 0 radical (unpaired) electrons. The summed E-state index contributed by atoms with van der Waals surface area (Å²) in [5, 5.41) is 2.72. The Morgan fingerprint density at radius 1 is 1.00 bits per heavy atom. The first-order chi connectivity index (χ1) is 9.79. The smallest absolute Gasteiger partial charge is 0.0217 e. The van der Waals surface area contributed by atoms with E-state index in [0.717, 1.165) is 17.8 Å². The largest absolute Gasteiger partial charge is 0.0884 e. The van der Waals surface area contributed by atoms with E-state index in [9.17, 15) is 0 Å². The molecule has 4 atom stereocenters. The van der Waals surface area contributed by atoms with Crippen LogP contribution in [0.2, 0.25) is 0 Å². The second-order valence-electron chi connectivity index (χ2n) is 6.74. The first-order valence-electron chi connectivity index (χ1n) is 7.91. The van der Waals surface area contributed by atoms with Crippen molar-refractivity contribution in [2.45, 2.75) is 36.9 Å². The second kappa shape index (κ2) is 5.18. The molecular formula is C19H21Br. The minimum absolute atomic E-state index is 0.666. The van der Waals surface area contributed by atoms with Crippen molar-refractivity contribution in [2.24, 2.45) is 17.8 Å². The molecule has 4 rings (SSSR count). The molecule has 2 aromatic rings. The molecule has 2 bridgehead atoms. The molecule has 0 aromatic heterocycles. The van der Waals surface area contributed by atoms with Crippen LogP contribution in [0.15, 0.2) is 42.5 Å². The number of fused-ring (bicyclic) bond motifs is 3.